The van der Waals surface area contributed by atoms with Gasteiger partial charge in [0.15, 0.2) is 0 Å². The van der Waals surface area contributed by atoms with Gasteiger partial charge in [-0.05, 0) is 60.4 Å². The summed E-state index contributed by atoms with van der Waals surface area (Å²) in [7, 11) is 0. The van der Waals surface area contributed by atoms with E-state index in [0.717, 1.165) is 70.8 Å². The summed E-state index contributed by atoms with van der Waals surface area (Å²) in [5.41, 5.74) is 7.16. The predicted molar refractivity (Wildman–Crippen MR) is 200 cm³/mol. The number of aryl methyl sites for hydroxylation is 1. The Morgan fingerprint density at radius 2 is 1.33 bits per heavy atom. The molecule has 3 atom stereocenters. The van der Waals surface area contributed by atoms with Crippen molar-refractivity contribution in [1.82, 2.24) is 40.2 Å². The minimum absolute atomic E-state index is 0.00634. The van der Waals surface area contributed by atoms with Gasteiger partial charge >= 0.3 is 6.09 Å². The summed E-state index contributed by atoms with van der Waals surface area (Å²) >= 11 is 0. The third-order valence-electron chi connectivity index (χ3n) is 10.3. The number of hydrogen-bond acceptors (Lipinski definition) is 7. The number of carbonyl (C=O) groups is 3. The van der Waals surface area contributed by atoms with Crippen molar-refractivity contribution in [2.75, 3.05) is 13.1 Å². The van der Waals surface area contributed by atoms with Gasteiger partial charge in [0, 0.05) is 19.2 Å². The van der Waals surface area contributed by atoms with Crippen molar-refractivity contribution in [3.8, 4) is 33.6 Å². The standard InChI is InChI=1S/C41H40N8O5/c1-25-21-31(54-47-25)22-36(50)48-19-5-9-34(48)38-42-23-32(44-38)28-15-11-26(12-16-28)27-13-17-29(18-14-27)33-24-43-39(45-33)35-10-6-20-49(35)40(51)37(46-41(52)53)30-7-3-2-4-8-30/h2-4,7-8,11-18,21,23-24,34-35,37,46H,5-6,9-10,19-20,22H2,1H3,(H,42,44)(H,43,45)(H,52,53)/t34-,35-,37+/m0/s1. The minimum Gasteiger partial charge on any atom is -0.465 e. The lowest BCUT2D eigenvalue weighted by Crippen LogP contribution is -2.42. The molecule has 3 aromatic carbocycles. The smallest absolute Gasteiger partial charge is 0.405 e. The van der Waals surface area contributed by atoms with Crippen molar-refractivity contribution < 1.29 is 24.0 Å². The van der Waals surface area contributed by atoms with Gasteiger partial charge in [0.1, 0.15) is 23.5 Å². The third-order valence-corrected chi connectivity index (χ3v) is 10.3. The largest absolute Gasteiger partial charge is 0.465 e. The van der Waals surface area contributed by atoms with E-state index >= 15 is 0 Å². The zero-order valence-corrected chi connectivity index (χ0v) is 29.7. The highest BCUT2D eigenvalue weighted by molar-refractivity contribution is 5.87. The van der Waals surface area contributed by atoms with Crippen molar-refractivity contribution in [3.63, 3.8) is 0 Å². The molecule has 3 aromatic heterocycles. The second-order valence-electron chi connectivity index (χ2n) is 13.9. The first-order valence-corrected chi connectivity index (χ1v) is 18.2. The molecule has 0 unspecified atom stereocenters. The van der Waals surface area contributed by atoms with Crippen molar-refractivity contribution in [2.45, 2.75) is 57.2 Å². The van der Waals surface area contributed by atoms with Crippen LogP contribution >= 0.6 is 0 Å². The number of carbonyl (C=O) groups excluding carboxylic acids is 2. The molecule has 13 nitrogen and oxygen atoms in total. The lowest BCUT2D eigenvalue weighted by molar-refractivity contribution is -0.134. The number of nitrogens with zero attached hydrogens (tertiary/aromatic N) is 5. The molecule has 5 heterocycles. The second-order valence-corrected chi connectivity index (χ2v) is 13.9. The van der Waals surface area contributed by atoms with Gasteiger partial charge < -0.3 is 34.7 Å². The molecule has 6 aromatic rings. The third kappa shape index (κ3) is 7.12. The molecule has 274 valence electrons. The molecule has 0 aliphatic carbocycles. The summed E-state index contributed by atoms with van der Waals surface area (Å²) in [4.78, 5) is 58.2. The van der Waals surface area contributed by atoms with Crippen LogP contribution in [0.4, 0.5) is 4.79 Å². The highest BCUT2D eigenvalue weighted by Crippen LogP contribution is 2.35. The normalized spacial score (nSPS) is 17.5. The van der Waals surface area contributed by atoms with Gasteiger partial charge in [-0.1, -0.05) is 84.0 Å². The number of aromatic nitrogens is 5. The van der Waals surface area contributed by atoms with E-state index in [1.54, 1.807) is 41.4 Å². The van der Waals surface area contributed by atoms with Crippen LogP contribution in [-0.4, -0.2) is 71.0 Å². The summed E-state index contributed by atoms with van der Waals surface area (Å²) in [5, 5.41) is 15.8. The molecule has 2 saturated heterocycles. The Morgan fingerprint density at radius 3 is 1.87 bits per heavy atom. The van der Waals surface area contributed by atoms with Crippen LogP contribution < -0.4 is 5.32 Å². The van der Waals surface area contributed by atoms with E-state index in [1.807, 2.05) is 36.2 Å². The minimum atomic E-state index is -1.25. The van der Waals surface area contributed by atoms with Crippen LogP contribution in [0.3, 0.4) is 0 Å². The van der Waals surface area contributed by atoms with Crippen LogP contribution in [-0.2, 0) is 16.0 Å². The lowest BCUT2D eigenvalue weighted by Gasteiger charge is -2.28. The number of aromatic amines is 2. The van der Waals surface area contributed by atoms with E-state index in [4.69, 9.17) is 4.52 Å². The maximum absolute atomic E-state index is 13.7. The fourth-order valence-electron chi connectivity index (χ4n) is 7.63. The number of hydrogen-bond donors (Lipinski definition) is 4. The summed E-state index contributed by atoms with van der Waals surface area (Å²) in [6, 6.07) is 25.8. The van der Waals surface area contributed by atoms with Crippen molar-refractivity contribution >= 4 is 17.9 Å². The van der Waals surface area contributed by atoms with Crippen LogP contribution in [0.15, 0.2) is 102 Å². The molecule has 8 rings (SSSR count). The highest BCUT2D eigenvalue weighted by atomic mass is 16.5. The van der Waals surface area contributed by atoms with Crippen molar-refractivity contribution in [2.24, 2.45) is 0 Å². The summed E-state index contributed by atoms with van der Waals surface area (Å²) in [6.45, 7) is 3.04. The molecule has 0 bridgehead atoms. The molecule has 0 spiro atoms. The maximum Gasteiger partial charge on any atom is 0.405 e. The van der Waals surface area contributed by atoms with Crippen LogP contribution in [0, 0.1) is 6.92 Å². The van der Waals surface area contributed by atoms with Gasteiger partial charge in [-0.25, -0.2) is 14.8 Å². The molecule has 54 heavy (non-hydrogen) atoms. The Kier molecular flexibility index (Phi) is 9.51. The molecular formula is C41H40N8O5. The Morgan fingerprint density at radius 1 is 0.796 bits per heavy atom. The van der Waals surface area contributed by atoms with E-state index in [1.165, 1.54) is 0 Å². The number of H-pyrrole nitrogens is 2. The number of benzene rings is 3. The molecule has 0 radical (unpaired) electrons. The number of likely N-dealkylation sites (tertiary alicyclic amines) is 2. The van der Waals surface area contributed by atoms with Crippen molar-refractivity contribution in [1.29, 1.82) is 0 Å². The monoisotopic (exact) mass is 724 g/mol. The Balaban J connectivity index is 0.921. The fraction of sp³-hybridized carbons (Fsp3) is 0.268. The highest BCUT2D eigenvalue weighted by Gasteiger charge is 2.37. The zero-order valence-electron chi connectivity index (χ0n) is 29.7. The van der Waals surface area contributed by atoms with Crippen molar-refractivity contribution in [3.05, 3.63) is 126 Å². The zero-order chi connectivity index (χ0) is 37.2. The molecule has 3 amide bonds. The van der Waals surface area contributed by atoms with Gasteiger partial charge in [-0.3, -0.25) is 9.59 Å². The number of amides is 3. The van der Waals surface area contributed by atoms with Crippen LogP contribution in [0.2, 0.25) is 0 Å². The van der Waals surface area contributed by atoms with Gasteiger partial charge in [-0.2, -0.15) is 0 Å². The molecule has 0 saturated carbocycles. The number of imidazole rings is 2. The molecule has 4 N–H and O–H groups in total. The quantitative estimate of drug-likeness (QED) is 0.117. The average molecular weight is 725 g/mol. The van der Waals surface area contributed by atoms with Gasteiger partial charge in [0.25, 0.3) is 5.91 Å². The average Bonchev–Trinajstić information content (AvgIpc) is 4.04. The molecule has 2 fully saturated rings. The number of rotatable bonds is 10. The van der Waals surface area contributed by atoms with Gasteiger partial charge in [0.2, 0.25) is 5.91 Å². The van der Waals surface area contributed by atoms with Crippen LogP contribution in [0.5, 0.6) is 0 Å². The molecule has 13 heteroatoms. The Labute approximate surface area is 311 Å². The molecule has 2 aliphatic rings. The SMILES string of the molecule is Cc1cc(CC(=O)N2CCC[C@H]2c2ncc(-c3ccc(-c4ccc(-c5cnc([C@@H]6CCCN6C(=O)[C@H](NC(=O)O)c6ccccc6)[nH]5)cc4)cc3)[nH]2)on1. The first kappa shape index (κ1) is 34.6. The van der Waals surface area contributed by atoms with Crippen LogP contribution in [0.1, 0.15) is 72.5 Å². The number of carboxylic acid groups (broad SMARTS) is 1. The molecule has 2 aliphatic heterocycles. The first-order chi connectivity index (χ1) is 26.3. The van der Waals surface area contributed by atoms with Gasteiger partial charge in [-0.15, -0.1) is 0 Å². The maximum atomic E-state index is 13.7. The van der Waals surface area contributed by atoms with Gasteiger partial charge in [0.05, 0.1) is 48.0 Å². The lowest BCUT2D eigenvalue weighted by atomic mass is 10.0. The molecular weight excluding hydrogens is 685 g/mol. The van der Waals surface area contributed by atoms with E-state index in [9.17, 15) is 19.5 Å². The Bertz CT molecular complexity index is 2260. The summed E-state index contributed by atoms with van der Waals surface area (Å²) < 4.78 is 5.27. The van der Waals surface area contributed by atoms with E-state index in [-0.39, 0.29) is 30.3 Å². The predicted octanol–water partition coefficient (Wildman–Crippen LogP) is 7.01. The summed E-state index contributed by atoms with van der Waals surface area (Å²) in [6.07, 6.45) is 5.82. The summed E-state index contributed by atoms with van der Waals surface area (Å²) in [5.74, 6) is 1.74. The topological polar surface area (TPSA) is 173 Å². The van der Waals surface area contributed by atoms with Crippen LogP contribution in [0.25, 0.3) is 33.6 Å². The first-order valence-electron chi connectivity index (χ1n) is 18.2. The second kappa shape index (κ2) is 14.9. The Hall–Kier alpha value is -6.50. The van der Waals surface area contributed by atoms with E-state index in [0.29, 0.717) is 30.2 Å². The van der Waals surface area contributed by atoms with E-state index < -0.39 is 12.1 Å². The fourth-order valence-corrected chi connectivity index (χ4v) is 7.63. The van der Waals surface area contributed by atoms with E-state index in [2.05, 4.69) is 66.8 Å². The number of nitrogens with one attached hydrogen (secondary N) is 3.